The normalized spacial score (nSPS) is 13.0. The van der Waals surface area contributed by atoms with Crippen LogP contribution in [0, 0.1) is 17.5 Å². The molecule has 0 unspecified atom stereocenters. The Labute approximate surface area is 188 Å². The summed E-state index contributed by atoms with van der Waals surface area (Å²) in [5, 5.41) is 13.7. The second kappa shape index (κ2) is 9.60. The van der Waals surface area contributed by atoms with Crippen molar-refractivity contribution in [2.24, 2.45) is 0 Å². The van der Waals surface area contributed by atoms with E-state index in [0.717, 1.165) is 10.6 Å². The van der Waals surface area contributed by atoms with Crippen molar-refractivity contribution in [3.63, 3.8) is 0 Å². The molecule has 3 aromatic carbocycles. The van der Waals surface area contributed by atoms with Crippen molar-refractivity contribution >= 4 is 23.4 Å². The van der Waals surface area contributed by atoms with E-state index in [4.69, 9.17) is 0 Å². The standard InChI is InChI=1S/C23H20F3N3O2.ClH/c1-27-13-20(30)21(14-5-2-6-15(24)11-14)29-22-18(26)9-4-10-19(22)28(23(29)31)17-8-3-7-16(25)12-17;/h2-12,20-21,27,30H,13H2,1H3;1H/t20-,21-;/m0./s1. The molecule has 5 nitrogen and oxygen atoms in total. The minimum atomic E-state index is -1.18. The van der Waals surface area contributed by atoms with Gasteiger partial charge in [0.25, 0.3) is 0 Å². The maximum atomic E-state index is 15.0. The molecule has 2 N–H and O–H groups in total. The number of likely N-dealkylation sites (N-methyl/N-ethyl adjacent to an activating group) is 1. The van der Waals surface area contributed by atoms with Gasteiger partial charge in [0.1, 0.15) is 23.0 Å². The Morgan fingerprint density at radius 2 is 1.62 bits per heavy atom. The van der Waals surface area contributed by atoms with E-state index in [1.807, 2.05) is 0 Å². The van der Waals surface area contributed by atoms with Crippen LogP contribution in [0.5, 0.6) is 0 Å². The third-order valence-corrected chi connectivity index (χ3v) is 5.16. The summed E-state index contributed by atoms with van der Waals surface area (Å²) in [7, 11) is 1.62. The molecular weight excluding hydrogens is 443 g/mol. The number of nitrogens with one attached hydrogen (secondary N) is 1. The van der Waals surface area contributed by atoms with Crippen LogP contribution in [0.2, 0.25) is 0 Å². The SMILES string of the molecule is CNC[C@H](O)[C@H](c1cccc(F)c1)n1c(=O)n(-c2cccc(F)c2)c2cccc(F)c21.Cl. The summed E-state index contributed by atoms with van der Waals surface area (Å²) in [6, 6.07) is 13.9. The molecule has 1 aromatic heterocycles. The first kappa shape index (κ1) is 23.6. The van der Waals surface area contributed by atoms with Crippen molar-refractivity contribution in [3.05, 3.63) is 100 Å². The van der Waals surface area contributed by atoms with E-state index in [1.165, 1.54) is 59.2 Å². The van der Waals surface area contributed by atoms with Crippen molar-refractivity contribution in [2.75, 3.05) is 13.6 Å². The minimum Gasteiger partial charge on any atom is -0.389 e. The number of hydrogen-bond acceptors (Lipinski definition) is 3. The van der Waals surface area contributed by atoms with Crippen LogP contribution in [0.15, 0.2) is 71.5 Å². The van der Waals surface area contributed by atoms with Gasteiger partial charge in [-0.3, -0.25) is 9.13 Å². The second-order valence-corrected chi connectivity index (χ2v) is 7.20. The first-order chi connectivity index (χ1) is 14.9. The van der Waals surface area contributed by atoms with Crippen molar-refractivity contribution in [1.29, 1.82) is 0 Å². The zero-order valence-corrected chi connectivity index (χ0v) is 17.8. The number of rotatable bonds is 6. The number of imidazole rings is 1. The van der Waals surface area contributed by atoms with E-state index < -0.39 is 35.3 Å². The molecule has 1 heterocycles. The molecule has 0 aliphatic heterocycles. The van der Waals surface area contributed by atoms with Crippen molar-refractivity contribution < 1.29 is 18.3 Å². The van der Waals surface area contributed by atoms with E-state index >= 15 is 4.39 Å². The predicted molar refractivity (Wildman–Crippen MR) is 119 cm³/mol. The van der Waals surface area contributed by atoms with Gasteiger partial charge in [0, 0.05) is 6.54 Å². The zero-order valence-electron chi connectivity index (χ0n) is 17.0. The lowest BCUT2D eigenvalue weighted by molar-refractivity contribution is 0.130. The number of hydrogen-bond donors (Lipinski definition) is 2. The van der Waals surface area contributed by atoms with Gasteiger partial charge in [0.15, 0.2) is 0 Å². The highest BCUT2D eigenvalue weighted by Crippen LogP contribution is 2.29. The number of benzene rings is 3. The Hall–Kier alpha value is -3.07. The van der Waals surface area contributed by atoms with Crippen molar-refractivity contribution in [2.45, 2.75) is 12.1 Å². The zero-order chi connectivity index (χ0) is 22.1. The summed E-state index contributed by atoms with van der Waals surface area (Å²) in [4.78, 5) is 13.6. The predicted octanol–water partition coefficient (Wildman–Crippen LogP) is 3.80. The Morgan fingerprint density at radius 3 is 2.28 bits per heavy atom. The van der Waals surface area contributed by atoms with E-state index in [-0.39, 0.29) is 35.7 Å². The van der Waals surface area contributed by atoms with Crippen LogP contribution >= 0.6 is 12.4 Å². The lowest BCUT2D eigenvalue weighted by Crippen LogP contribution is -2.38. The molecule has 0 saturated carbocycles. The number of nitrogens with zero attached hydrogens (tertiary/aromatic N) is 2. The van der Waals surface area contributed by atoms with Crippen LogP contribution in [0.4, 0.5) is 13.2 Å². The maximum absolute atomic E-state index is 15.0. The van der Waals surface area contributed by atoms with Gasteiger partial charge in [-0.1, -0.05) is 24.3 Å². The molecule has 32 heavy (non-hydrogen) atoms. The monoisotopic (exact) mass is 463 g/mol. The Balaban J connectivity index is 0.00000289. The fourth-order valence-electron chi connectivity index (χ4n) is 3.91. The van der Waals surface area contributed by atoms with Crippen molar-refractivity contribution in [1.82, 2.24) is 14.5 Å². The maximum Gasteiger partial charge on any atom is 0.334 e. The van der Waals surface area contributed by atoms with Gasteiger partial charge < -0.3 is 10.4 Å². The summed E-state index contributed by atoms with van der Waals surface area (Å²) in [6.07, 6.45) is -1.18. The molecule has 0 aliphatic rings. The fraction of sp³-hybridized carbons (Fsp3) is 0.174. The Kier molecular flexibility index (Phi) is 7.08. The highest BCUT2D eigenvalue weighted by Gasteiger charge is 2.30. The molecule has 2 atom stereocenters. The largest absolute Gasteiger partial charge is 0.389 e. The summed E-state index contributed by atoms with van der Waals surface area (Å²) in [6.45, 7) is 0.0642. The van der Waals surface area contributed by atoms with E-state index in [1.54, 1.807) is 13.1 Å². The van der Waals surface area contributed by atoms with E-state index in [2.05, 4.69) is 5.32 Å². The quantitative estimate of drug-likeness (QED) is 0.457. The number of halogens is 4. The smallest absolute Gasteiger partial charge is 0.334 e. The molecule has 0 amide bonds. The third kappa shape index (κ3) is 4.17. The van der Waals surface area contributed by atoms with E-state index in [9.17, 15) is 18.7 Å². The van der Waals surface area contributed by atoms with Crippen LogP contribution in [-0.4, -0.2) is 33.9 Å². The summed E-state index contributed by atoms with van der Waals surface area (Å²) in [5.41, 5.74) is -0.0446. The minimum absolute atomic E-state index is 0. The molecule has 0 radical (unpaired) electrons. The molecular formula is C23H21ClF3N3O2. The number of para-hydroxylation sites is 1. The average molecular weight is 464 g/mol. The van der Waals surface area contributed by atoms with Gasteiger partial charge >= 0.3 is 5.69 Å². The molecule has 4 aromatic rings. The highest BCUT2D eigenvalue weighted by atomic mass is 35.5. The Bertz CT molecular complexity index is 1310. The Morgan fingerprint density at radius 1 is 0.969 bits per heavy atom. The molecule has 0 fully saturated rings. The summed E-state index contributed by atoms with van der Waals surface area (Å²) < 4.78 is 45.2. The van der Waals surface area contributed by atoms with Crippen LogP contribution in [0.1, 0.15) is 11.6 Å². The number of aliphatic hydroxyl groups is 1. The van der Waals surface area contributed by atoms with Crippen LogP contribution in [-0.2, 0) is 0 Å². The molecule has 0 aliphatic carbocycles. The van der Waals surface area contributed by atoms with Gasteiger partial charge in [-0.05, 0) is 55.1 Å². The fourth-order valence-corrected chi connectivity index (χ4v) is 3.91. The van der Waals surface area contributed by atoms with Gasteiger partial charge in [-0.2, -0.15) is 0 Å². The van der Waals surface area contributed by atoms with Gasteiger partial charge in [-0.25, -0.2) is 18.0 Å². The number of fused-ring (bicyclic) bond motifs is 1. The lowest BCUT2D eigenvalue weighted by atomic mass is 10.0. The third-order valence-electron chi connectivity index (χ3n) is 5.16. The summed E-state index contributed by atoms with van der Waals surface area (Å²) >= 11 is 0. The van der Waals surface area contributed by atoms with Crippen LogP contribution < -0.4 is 11.0 Å². The molecule has 0 spiro atoms. The van der Waals surface area contributed by atoms with Gasteiger partial charge in [0.2, 0.25) is 0 Å². The molecule has 0 bridgehead atoms. The van der Waals surface area contributed by atoms with Crippen molar-refractivity contribution in [3.8, 4) is 5.69 Å². The lowest BCUT2D eigenvalue weighted by Gasteiger charge is -2.25. The van der Waals surface area contributed by atoms with Crippen LogP contribution in [0.3, 0.4) is 0 Å². The number of aliphatic hydroxyl groups excluding tert-OH is 1. The highest BCUT2D eigenvalue weighted by molar-refractivity contribution is 5.85. The van der Waals surface area contributed by atoms with Gasteiger partial charge in [-0.15, -0.1) is 12.4 Å². The second-order valence-electron chi connectivity index (χ2n) is 7.20. The molecule has 0 saturated heterocycles. The average Bonchev–Trinajstić information content (AvgIpc) is 3.02. The van der Waals surface area contributed by atoms with Crippen LogP contribution in [0.25, 0.3) is 16.7 Å². The molecule has 4 rings (SSSR count). The first-order valence-electron chi connectivity index (χ1n) is 9.68. The van der Waals surface area contributed by atoms with Gasteiger partial charge in [0.05, 0.1) is 23.3 Å². The molecule has 9 heteroatoms. The molecule has 168 valence electrons. The topological polar surface area (TPSA) is 59.2 Å². The summed E-state index contributed by atoms with van der Waals surface area (Å²) in [5.74, 6) is -1.80. The number of aromatic nitrogens is 2. The first-order valence-corrected chi connectivity index (χ1v) is 9.68. The van der Waals surface area contributed by atoms with E-state index in [0.29, 0.717) is 5.56 Å².